The van der Waals surface area contributed by atoms with Crippen molar-refractivity contribution in [3.05, 3.63) is 14.5 Å². The minimum atomic E-state index is 0. The van der Waals surface area contributed by atoms with Crippen LogP contribution in [0.3, 0.4) is 0 Å². The number of rotatable bonds is 0. The van der Waals surface area contributed by atoms with Gasteiger partial charge in [0.05, 0.1) is 0 Å². The van der Waals surface area contributed by atoms with Crippen molar-refractivity contribution in [2.75, 3.05) is 0 Å². The Morgan fingerprint density at radius 3 is 1.17 bits per heavy atom. The molecule has 2 radical (unpaired) electrons. The molecule has 34 valence electrons. The van der Waals surface area contributed by atoms with Crippen molar-refractivity contribution >= 4 is 0 Å². The molecule has 0 aromatic heterocycles. The normalized spacial score (nSPS) is 1.00. The van der Waals surface area contributed by atoms with Gasteiger partial charge >= 0.3 is 31.1 Å². The summed E-state index contributed by atoms with van der Waals surface area (Å²) in [5.41, 5.74) is 0. The van der Waals surface area contributed by atoms with Crippen LogP contribution in [0.15, 0.2) is 0 Å². The van der Waals surface area contributed by atoms with Gasteiger partial charge < -0.3 is 12.5 Å². The van der Waals surface area contributed by atoms with E-state index in [4.69, 9.17) is 5.11 Å². The quantitative estimate of drug-likeness (QED) is 0.421. The molecule has 0 unspecified atom stereocenters. The van der Waals surface area contributed by atoms with Crippen LogP contribution in [0.5, 0.6) is 0 Å². The fourth-order valence-corrected chi connectivity index (χ4v) is 0. The van der Waals surface area contributed by atoms with Crippen molar-refractivity contribution in [2.24, 2.45) is 0 Å². The summed E-state index contributed by atoms with van der Waals surface area (Å²) in [4.78, 5) is 0. The molecule has 0 N–H and O–H groups in total. The Bertz CT molecular complexity index is 13.5. The molecule has 0 heterocycles. The predicted octanol–water partition coefficient (Wildman–Crippen LogP) is 0.654. The molecular weight excluding hydrogens is 513 g/mol. The van der Waals surface area contributed by atoms with Crippen molar-refractivity contribution in [1.82, 2.24) is 0 Å². The van der Waals surface area contributed by atoms with Crippen molar-refractivity contribution < 1.29 is 75.8 Å². The molecule has 0 aliphatic heterocycles. The maximum atomic E-state index is 8.00. The summed E-state index contributed by atoms with van der Waals surface area (Å²) in [7, 11) is 2.00. The largest absolute Gasteiger partial charge is 2.00 e. The molecular formula is C2H5OUVW. The second-order valence-corrected chi connectivity index (χ2v) is 0. The Morgan fingerprint density at radius 1 is 1.17 bits per heavy atom. The van der Waals surface area contributed by atoms with Crippen LogP contribution < -0.4 is 0 Å². The molecule has 0 aromatic rings. The van der Waals surface area contributed by atoms with E-state index in [0.717, 1.165) is 0 Å². The fraction of sp³-hybridized carbons (Fsp3) is 0. The van der Waals surface area contributed by atoms with Gasteiger partial charge in [-0.25, -0.2) is 0 Å². The third-order valence-corrected chi connectivity index (χ3v) is 0. The number of hydrogen-bond acceptors (Lipinski definition) is 0. The summed E-state index contributed by atoms with van der Waals surface area (Å²) in [5.74, 6) is 0. The van der Waals surface area contributed by atoms with Crippen LogP contribution in [0.25, 0.3) is 0 Å². The van der Waals surface area contributed by atoms with Gasteiger partial charge in [-0.2, -0.15) is 7.11 Å². The summed E-state index contributed by atoms with van der Waals surface area (Å²) < 4.78 is 0. The zero-order valence-corrected chi connectivity index (χ0v) is 12.0. The topological polar surface area (TPSA) is 19.9 Å². The Morgan fingerprint density at radius 2 is 1.17 bits per heavy atom. The Balaban J connectivity index is -0.000000000833. The van der Waals surface area contributed by atoms with Crippen molar-refractivity contribution in [3.8, 4) is 0 Å². The van der Waals surface area contributed by atoms with Gasteiger partial charge in [0.25, 0.3) is 0 Å². The average Bonchev–Trinajstić information content (AvgIpc) is 1.00. The molecule has 0 saturated heterocycles. The van der Waals surface area contributed by atoms with E-state index in [1.807, 2.05) is 7.11 Å². The summed E-state index contributed by atoms with van der Waals surface area (Å²) in [5, 5.41) is 8.00. The maximum absolute atomic E-state index is 8.00. The molecule has 0 saturated carbocycles. The van der Waals surface area contributed by atoms with E-state index in [9.17, 15) is 0 Å². The predicted molar refractivity (Wildman–Crippen MR) is 12.5 cm³/mol. The molecule has 6 heavy (non-hydrogen) atoms. The standard InChI is InChI=1S/CH2O.CH3.U.V.W/c1-2;;;;/h1H2;1H3;;;/q2*-1;+2;;. The van der Waals surface area contributed by atoms with Crippen LogP contribution in [0.1, 0.15) is 0 Å². The zero-order chi connectivity index (χ0) is 2.00. The van der Waals surface area contributed by atoms with Gasteiger partial charge in [0.15, 0.2) is 0 Å². The van der Waals surface area contributed by atoms with E-state index >= 15 is 0 Å². The average molecular weight is 518 g/mol. The molecule has 0 spiro atoms. The Labute approximate surface area is 89.2 Å². The van der Waals surface area contributed by atoms with E-state index in [0.29, 0.717) is 0 Å². The fourth-order valence-electron chi connectivity index (χ4n) is 0. The van der Waals surface area contributed by atoms with Gasteiger partial charge in [0, 0.05) is 39.6 Å². The van der Waals surface area contributed by atoms with Crippen LogP contribution in [-0.2, 0) is 44.7 Å². The van der Waals surface area contributed by atoms with E-state index in [2.05, 4.69) is 0 Å². The van der Waals surface area contributed by atoms with Gasteiger partial charge in [-0.15, -0.1) is 0 Å². The maximum Gasteiger partial charge on any atom is 2.00 e. The third-order valence-electron chi connectivity index (χ3n) is 0. The monoisotopic (exact) mass is 518 g/mol. The second kappa shape index (κ2) is 55.1. The third kappa shape index (κ3) is 33.6. The molecule has 0 aliphatic carbocycles. The smallest absolute Gasteiger partial charge is 0.450 e. The Kier molecular flexibility index (Phi) is 374. The first kappa shape index (κ1) is 40.7. The number of hydrogen-bond donors (Lipinski definition) is 0. The summed E-state index contributed by atoms with van der Waals surface area (Å²) in [6, 6.07) is 0. The molecule has 0 aromatic carbocycles. The molecule has 4 heteroatoms. The van der Waals surface area contributed by atoms with Crippen molar-refractivity contribution in [3.63, 3.8) is 0 Å². The molecule has 0 fully saturated rings. The first-order chi connectivity index (χ1) is 1.00. The van der Waals surface area contributed by atoms with Crippen LogP contribution in [0.4, 0.5) is 0 Å². The molecule has 0 bridgehead atoms. The second-order valence-electron chi connectivity index (χ2n) is 0. The molecule has 0 aliphatic rings. The zero-order valence-electron chi connectivity index (χ0n) is 3.47. The van der Waals surface area contributed by atoms with Gasteiger partial charge in [-0.1, -0.05) is 0 Å². The summed E-state index contributed by atoms with van der Waals surface area (Å²) in [6.45, 7) is 0. The van der Waals surface area contributed by atoms with Gasteiger partial charge in [0.2, 0.25) is 0 Å². The van der Waals surface area contributed by atoms with E-state index in [-0.39, 0.29) is 78.2 Å². The summed E-state index contributed by atoms with van der Waals surface area (Å²) >= 11 is 0. The van der Waals surface area contributed by atoms with Crippen LogP contribution >= 0.6 is 0 Å². The first-order valence-corrected chi connectivity index (χ1v) is 0.289. The summed E-state index contributed by atoms with van der Waals surface area (Å²) in [6.07, 6.45) is 0. The van der Waals surface area contributed by atoms with E-state index in [1.54, 1.807) is 0 Å². The Hall–Kier alpha value is 2.28. The van der Waals surface area contributed by atoms with E-state index < -0.39 is 0 Å². The minimum Gasteiger partial charge on any atom is -0.450 e. The first-order valence-electron chi connectivity index (χ1n) is 0.289. The van der Waals surface area contributed by atoms with Gasteiger partial charge in [-0.3, -0.25) is 0 Å². The van der Waals surface area contributed by atoms with Crippen molar-refractivity contribution in [1.29, 1.82) is 0 Å². The molecule has 1 nitrogen and oxygen atoms in total. The van der Waals surface area contributed by atoms with Crippen LogP contribution in [0, 0.1) is 45.6 Å². The molecule has 0 atom stereocenters. The molecule has 0 rings (SSSR count). The van der Waals surface area contributed by atoms with E-state index in [1.165, 1.54) is 0 Å². The SMILES string of the molecule is [CH2-][O].[CH3-].[U+2].[V].[W]. The van der Waals surface area contributed by atoms with Gasteiger partial charge in [0.1, 0.15) is 0 Å². The molecule has 0 amide bonds. The van der Waals surface area contributed by atoms with Crippen molar-refractivity contribution in [2.45, 2.75) is 0 Å². The minimum absolute atomic E-state index is 0. The van der Waals surface area contributed by atoms with Crippen LogP contribution in [0.2, 0.25) is 0 Å². The van der Waals surface area contributed by atoms with Crippen LogP contribution in [-0.4, -0.2) is 0 Å². The van der Waals surface area contributed by atoms with Gasteiger partial charge in [-0.05, 0) is 0 Å².